The molecule has 3 aromatic rings. The van der Waals surface area contributed by atoms with E-state index in [1.165, 1.54) is 28.5 Å². The summed E-state index contributed by atoms with van der Waals surface area (Å²) in [6.07, 6.45) is 6.27. The molecule has 4 rings (SSSR count). The zero-order valence-electron chi connectivity index (χ0n) is 14.0. The molecular formula is C22H16N2O2. The summed E-state index contributed by atoms with van der Waals surface area (Å²) >= 11 is 0. The number of nitrogens with one attached hydrogen (secondary N) is 1. The molecule has 0 aliphatic heterocycles. The first kappa shape index (κ1) is 15.9. The Hall–Kier alpha value is -3.58. The van der Waals surface area contributed by atoms with Crippen LogP contribution in [-0.4, -0.2) is 17.7 Å². The molecule has 1 amide bonds. The fourth-order valence-corrected chi connectivity index (χ4v) is 3.31. The van der Waals surface area contributed by atoms with Crippen LogP contribution in [0.3, 0.4) is 0 Å². The van der Waals surface area contributed by atoms with E-state index in [4.69, 9.17) is 11.2 Å². The molecule has 0 unspecified atom stereocenters. The van der Waals surface area contributed by atoms with Crippen molar-refractivity contribution in [2.24, 2.45) is 0 Å². The smallest absolute Gasteiger partial charge is 0.411 e. The van der Waals surface area contributed by atoms with Crippen molar-refractivity contribution >= 4 is 11.8 Å². The Kier molecular flexibility index (Phi) is 4.12. The SMILES string of the molecule is C#Cc1ccc(NC(=O)OCC2c3ccccc3-c3ccccc32)cn1. The highest BCUT2D eigenvalue weighted by Gasteiger charge is 2.28. The highest BCUT2D eigenvalue weighted by molar-refractivity contribution is 5.84. The average Bonchev–Trinajstić information content (AvgIpc) is 3.01. The van der Waals surface area contributed by atoms with E-state index in [-0.39, 0.29) is 12.5 Å². The van der Waals surface area contributed by atoms with Gasteiger partial charge in [-0.15, -0.1) is 6.42 Å². The second-order valence-corrected chi connectivity index (χ2v) is 6.03. The lowest BCUT2D eigenvalue weighted by atomic mass is 9.98. The van der Waals surface area contributed by atoms with E-state index < -0.39 is 6.09 Å². The number of amides is 1. The number of pyridine rings is 1. The number of terminal acetylenes is 1. The molecule has 1 aromatic heterocycles. The molecule has 0 saturated heterocycles. The summed E-state index contributed by atoms with van der Waals surface area (Å²) in [4.78, 5) is 16.2. The molecule has 1 aliphatic carbocycles. The van der Waals surface area contributed by atoms with Gasteiger partial charge in [-0.25, -0.2) is 9.78 Å². The zero-order valence-corrected chi connectivity index (χ0v) is 14.0. The fourth-order valence-electron chi connectivity index (χ4n) is 3.31. The third kappa shape index (κ3) is 2.91. The van der Waals surface area contributed by atoms with Gasteiger partial charge in [-0.3, -0.25) is 5.32 Å². The molecular weight excluding hydrogens is 324 g/mol. The van der Waals surface area contributed by atoms with Gasteiger partial charge in [0.15, 0.2) is 0 Å². The monoisotopic (exact) mass is 340 g/mol. The number of aromatic nitrogens is 1. The highest BCUT2D eigenvalue weighted by atomic mass is 16.5. The molecule has 1 N–H and O–H groups in total. The van der Waals surface area contributed by atoms with Gasteiger partial charge in [0.25, 0.3) is 0 Å². The largest absolute Gasteiger partial charge is 0.448 e. The Bertz CT molecular complexity index is 958. The van der Waals surface area contributed by atoms with E-state index >= 15 is 0 Å². The Morgan fingerprint density at radius 1 is 1.04 bits per heavy atom. The maximum absolute atomic E-state index is 12.1. The van der Waals surface area contributed by atoms with Crippen molar-refractivity contribution in [1.82, 2.24) is 4.98 Å². The maximum Gasteiger partial charge on any atom is 0.411 e. The number of nitrogens with zero attached hydrogens (tertiary/aromatic N) is 1. The van der Waals surface area contributed by atoms with Crippen molar-refractivity contribution in [3.8, 4) is 23.5 Å². The van der Waals surface area contributed by atoms with Gasteiger partial charge in [-0.2, -0.15) is 0 Å². The van der Waals surface area contributed by atoms with Crippen LogP contribution in [0.2, 0.25) is 0 Å². The number of carbonyl (C=O) groups excluding carboxylic acids is 1. The molecule has 0 spiro atoms. The predicted molar refractivity (Wildman–Crippen MR) is 101 cm³/mol. The Labute approximate surface area is 151 Å². The van der Waals surface area contributed by atoms with Gasteiger partial charge in [0.2, 0.25) is 0 Å². The number of fused-ring (bicyclic) bond motifs is 3. The standard InChI is InChI=1S/C22H16N2O2/c1-2-15-11-12-16(13-23-15)24-22(25)26-14-21-19-9-5-3-7-17(19)18-8-4-6-10-20(18)21/h1,3-13,21H,14H2,(H,24,25). The lowest BCUT2D eigenvalue weighted by Gasteiger charge is -2.14. The molecule has 4 nitrogen and oxygen atoms in total. The minimum absolute atomic E-state index is 0.0371. The first-order chi connectivity index (χ1) is 12.8. The zero-order chi connectivity index (χ0) is 17.9. The molecule has 126 valence electrons. The molecule has 0 saturated carbocycles. The number of carbonyl (C=O) groups is 1. The third-order valence-electron chi connectivity index (χ3n) is 4.50. The molecule has 0 atom stereocenters. The quantitative estimate of drug-likeness (QED) is 0.718. The second-order valence-electron chi connectivity index (χ2n) is 6.03. The van der Waals surface area contributed by atoms with Gasteiger partial charge >= 0.3 is 6.09 Å². The van der Waals surface area contributed by atoms with Gasteiger partial charge < -0.3 is 4.74 Å². The normalized spacial score (nSPS) is 12.0. The summed E-state index contributed by atoms with van der Waals surface area (Å²) in [6, 6.07) is 19.8. The molecule has 26 heavy (non-hydrogen) atoms. The first-order valence-electron chi connectivity index (χ1n) is 8.31. The van der Waals surface area contributed by atoms with Crippen LogP contribution in [0.1, 0.15) is 22.7 Å². The van der Waals surface area contributed by atoms with Crippen molar-refractivity contribution in [1.29, 1.82) is 0 Å². The van der Waals surface area contributed by atoms with E-state index in [1.807, 2.05) is 24.3 Å². The molecule has 2 aromatic carbocycles. The van der Waals surface area contributed by atoms with Crippen molar-refractivity contribution in [3.63, 3.8) is 0 Å². The minimum Gasteiger partial charge on any atom is -0.448 e. The minimum atomic E-state index is -0.512. The number of ether oxygens (including phenoxy) is 1. The Morgan fingerprint density at radius 3 is 2.27 bits per heavy atom. The summed E-state index contributed by atoms with van der Waals surface area (Å²) in [6.45, 7) is 0.274. The lowest BCUT2D eigenvalue weighted by Crippen LogP contribution is -2.18. The van der Waals surface area contributed by atoms with Gasteiger partial charge in [0.05, 0.1) is 11.9 Å². The van der Waals surface area contributed by atoms with Crippen molar-refractivity contribution in [2.45, 2.75) is 5.92 Å². The topological polar surface area (TPSA) is 51.2 Å². The van der Waals surface area contributed by atoms with Crippen LogP contribution in [0, 0.1) is 12.3 Å². The maximum atomic E-state index is 12.1. The van der Waals surface area contributed by atoms with Gasteiger partial charge in [0, 0.05) is 5.92 Å². The van der Waals surface area contributed by atoms with Crippen molar-refractivity contribution in [2.75, 3.05) is 11.9 Å². The van der Waals surface area contributed by atoms with Crippen molar-refractivity contribution < 1.29 is 9.53 Å². The third-order valence-corrected chi connectivity index (χ3v) is 4.50. The number of benzene rings is 2. The fraction of sp³-hybridized carbons (Fsp3) is 0.0909. The molecule has 4 heteroatoms. The van der Waals surface area contributed by atoms with Crippen LogP contribution in [0.5, 0.6) is 0 Å². The molecule has 0 radical (unpaired) electrons. The number of hydrogen-bond donors (Lipinski definition) is 1. The average molecular weight is 340 g/mol. The van der Waals surface area contributed by atoms with Crippen LogP contribution in [0.15, 0.2) is 66.9 Å². The summed E-state index contributed by atoms with van der Waals surface area (Å²) in [5.74, 6) is 2.47. The van der Waals surface area contributed by atoms with E-state index in [9.17, 15) is 4.79 Å². The Balaban J connectivity index is 1.47. The van der Waals surface area contributed by atoms with E-state index in [1.54, 1.807) is 12.1 Å². The van der Waals surface area contributed by atoms with Gasteiger partial charge in [-0.05, 0) is 34.4 Å². The number of rotatable bonds is 3. The van der Waals surface area contributed by atoms with Gasteiger partial charge in [-0.1, -0.05) is 54.5 Å². The van der Waals surface area contributed by atoms with E-state index in [0.29, 0.717) is 11.4 Å². The first-order valence-corrected chi connectivity index (χ1v) is 8.31. The summed E-state index contributed by atoms with van der Waals surface area (Å²) in [5.41, 5.74) is 5.82. The highest BCUT2D eigenvalue weighted by Crippen LogP contribution is 2.44. The summed E-state index contributed by atoms with van der Waals surface area (Å²) in [5, 5.41) is 2.67. The van der Waals surface area contributed by atoms with Gasteiger partial charge in [0.1, 0.15) is 12.3 Å². The van der Waals surface area contributed by atoms with Crippen LogP contribution >= 0.6 is 0 Å². The van der Waals surface area contributed by atoms with E-state index in [2.05, 4.69) is 40.5 Å². The predicted octanol–water partition coefficient (Wildman–Crippen LogP) is 4.42. The van der Waals surface area contributed by atoms with Crippen LogP contribution in [0.4, 0.5) is 10.5 Å². The summed E-state index contributed by atoms with van der Waals surface area (Å²) in [7, 11) is 0. The molecule has 1 aliphatic rings. The van der Waals surface area contributed by atoms with E-state index in [0.717, 1.165) is 0 Å². The molecule has 1 heterocycles. The molecule has 0 fully saturated rings. The number of anilines is 1. The van der Waals surface area contributed by atoms with Crippen LogP contribution in [0.25, 0.3) is 11.1 Å². The lowest BCUT2D eigenvalue weighted by molar-refractivity contribution is 0.158. The second kappa shape index (κ2) is 6.73. The molecule has 0 bridgehead atoms. The Morgan fingerprint density at radius 2 is 1.69 bits per heavy atom. The summed E-state index contributed by atoms with van der Waals surface area (Å²) < 4.78 is 5.48. The van der Waals surface area contributed by atoms with Crippen molar-refractivity contribution in [3.05, 3.63) is 83.7 Å². The van der Waals surface area contributed by atoms with Crippen LogP contribution in [-0.2, 0) is 4.74 Å². The number of hydrogen-bond acceptors (Lipinski definition) is 3. The van der Waals surface area contributed by atoms with Crippen LogP contribution < -0.4 is 5.32 Å².